The number of nitrogens with zero attached hydrogens (tertiary/aromatic N) is 6. The molecule has 0 radical (unpaired) electrons. The Bertz CT molecular complexity index is 3140. The predicted molar refractivity (Wildman–Crippen MR) is 209 cm³/mol. The first-order valence-corrected chi connectivity index (χ1v) is 17.2. The van der Waals surface area contributed by atoms with Gasteiger partial charge in [-0.1, -0.05) is 121 Å². The fourth-order valence-electron chi connectivity index (χ4n) is 8.60. The molecule has 12 rings (SSSR count). The van der Waals surface area contributed by atoms with Crippen molar-refractivity contribution < 1.29 is 0 Å². The van der Waals surface area contributed by atoms with Crippen molar-refractivity contribution in [1.29, 1.82) is 0 Å². The molecular weight excluding hydrogens is 625 g/mol. The first-order chi connectivity index (χ1) is 25.3. The zero-order valence-corrected chi connectivity index (χ0v) is 27.2. The first kappa shape index (κ1) is 26.9. The molecule has 0 saturated carbocycles. The molecule has 0 atom stereocenters. The summed E-state index contributed by atoms with van der Waals surface area (Å²) in [4.78, 5) is 16.2. The molecule has 0 fully saturated rings. The lowest BCUT2D eigenvalue weighted by molar-refractivity contribution is 0.893. The molecular formula is C45H26N6. The van der Waals surface area contributed by atoms with E-state index in [0.29, 0.717) is 17.7 Å². The van der Waals surface area contributed by atoms with Crippen LogP contribution in [0.4, 0.5) is 0 Å². The van der Waals surface area contributed by atoms with Gasteiger partial charge in [0.05, 0.1) is 38.6 Å². The van der Waals surface area contributed by atoms with Crippen LogP contribution >= 0.6 is 0 Å². The number of hydrogen-bond acceptors (Lipinski definition) is 3. The number of benzene rings is 7. The average molecular weight is 651 g/mol. The lowest BCUT2D eigenvalue weighted by Gasteiger charge is -2.13. The summed E-state index contributed by atoms with van der Waals surface area (Å²) in [7, 11) is 0. The summed E-state index contributed by atoms with van der Waals surface area (Å²) in [6.45, 7) is 0. The Morgan fingerprint density at radius 2 is 0.647 bits per heavy atom. The molecule has 5 aromatic heterocycles. The molecule has 0 spiro atoms. The number of rotatable bonds is 3. The number of aromatic nitrogens is 6. The number of fused-ring (bicyclic) bond motifs is 12. The maximum absolute atomic E-state index is 5.40. The third-order valence-corrected chi connectivity index (χ3v) is 10.7. The zero-order valence-electron chi connectivity index (χ0n) is 27.2. The normalized spacial score (nSPS) is 12.3. The minimum atomic E-state index is 0.574. The topological polar surface area (TPSA) is 52.9 Å². The average Bonchev–Trinajstić information content (AvgIpc) is 3.92. The van der Waals surface area contributed by atoms with Crippen LogP contribution in [0.1, 0.15) is 0 Å². The van der Waals surface area contributed by atoms with Crippen LogP contribution in [0, 0.1) is 0 Å². The van der Waals surface area contributed by atoms with Crippen LogP contribution in [0.15, 0.2) is 158 Å². The highest BCUT2D eigenvalue weighted by molar-refractivity contribution is 6.25. The molecule has 0 amide bonds. The Hall–Kier alpha value is -7.05. The maximum atomic E-state index is 5.40. The summed E-state index contributed by atoms with van der Waals surface area (Å²) in [5, 5.41) is 9.52. The Balaban J connectivity index is 1.26. The predicted octanol–water partition coefficient (Wildman–Crippen LogP) is 10.9. The minimum Gasteiger partial charge on any atom is -0.307 e. The van der Waals surface area contributed by atoms with E-state index in [1.807, 2.05) is 0 Å². The van der Waals surface area contributed by atoms with E-state index in [4.69, 9.17) is 15.0 Å². The van der Waals surface area contributed by atoms with Crippen molar-refractivity contribution in [3.05, 3.63) is 158 Å². The zero-order chi connectivity index (χ0) is 33.2. The van der Waals surface area contributed by atoms with Gasteiger partial charge < -0.3 is 4.40 Å². The van der Waals surface area contributed by atoms with Crippen LogP contribution < -0.4 is 0 Å². The van der Waals surface area contributed by atoms with Gasteiger partial charge in [0, 0.05) is 48.7 Å². The second kappa shape index (κ2) is 9.77. The third kappa shape index (κ3) is 3.48. The lowest BCUT2D eigenvalue weighted by atomic mass is 10.1. The molecule has 0 saturated heterocycles. The van der Waals surface area contributed by atoms with Crippen molar-refractivity contribution in [3.8, 4) is 23.3 Å². The van der Waals surface area contributed by atoms with Crippen LogP contribution in [-0.2, 0) is 0 Å². The SMILES string of the molecule is c1ccc2c(c1)c1ccccc1n2-c1nc(-c2cccc3c4cccc5c6ccccc6n(c23)c54)nc(-n2c3ccccc3c3ccccc32)n1. The van der Waals surface area contributed by atoms with E-state index in [2.05, 4.69) is 171 Å². The molecule has 0 bridgehead atoms. The highest BCUT2D eigenvalue weighted by Crippen LogP contribution is 2.42. The molecule has 0 N–H and O–H groups in total. The summed E-state index contributed by atoms with van der Waals surface area (Å²) < 4.78 is 6.79. The lowest BCUT2D eigenvalue weighted by Crippen LogP contribution is -2.10. The fraction of sp³-hybridized carbons (Fsp3) is 0. The van der Waals surface area contributed by atoms with E-state index in [1.54, 1.807) is 0 Å². The molecule has 7 aromatic carbocycles. The Kier molecular flexibility index (Phi) is 5.14. The molecule has 12 aromatic rings. The summed E-state index contributed by atoms with van der Waals surface area (Å²) in [6, 6.07) is 55.8. The minimum absolute atomic E-state index is 0.574. The van der Waals surface area contributed by atoms with Crippen LogP contribution in [0.25, 0.3) is 105 Å². The molecule has 51 heavy (non-hydrogen) atoms. The van der Waals surface area contributed by atoms with E-state index in [-0.39, 0.29) is 0 Å². The van der Waals surface area contributed by atoms with Crippen LogP contribution in [0.5, 0.6) is 0 Å². The molecule has 6 nitrogen and oxygen atoms in total. The molecule has 0 aliphatic rings. The van der Waals surface area contributed by atoms with Gasteiger partial charge in [-0.2, -0.15) is 15.0 Å². The van der Waals surface area contributed by atoms with Gasteiger partial charge in [0.2, 0.25) is 11.9 Å². The maximum Gasteiger partial charge on any atom is 0.240 e. The van der Waals surface area contributed by atoms with Gasteiger partial charge in [-0.05, 0) is 36.4 Å². The number of hydrogen-bond donors (Lipinski definition) is 0. The van der Waals surface area contributed by atoms with Crippen molar-refractivity contribution >= 4 is 81.7 Å². The second-order valence-electron chi connectivity index (χ2n) is 13.3. The largest absolute Gasteiger partial charge is 0.307 e. The van der Waals surface area contributed by atoms with Gasteiger partial charge in [-0.25, -0.2) is 0 Å². The van der Waals surface area contributed by atoms with Gasteiger partial charge in [0.15, 0.2) is 5.82 Å². The quantitative estimate of drug-likeness (QED) is 0.191. The Labute approximate surface area is 290 Å². The van der Waals surface area contributed by atoms with Crippen molar-refractivity contribution in [2.45, 2.75) is 0 Å². The fourth-order valence-corrected chi connectivity index (χ4v) is 8.60. The van der Waals surface area contributed by atoms with E-state index in [0.717, 1.165) is 54.7 Å². The summed E-state index contributed by atoms with van der Waals surface area (Å²) >= 11 is 0. The summed E-state index contributed by atoms with van der Waals surface area (Å²) in [5.41, 5.74) is 8.64. The van der Waals surface area contributed by atoms with Gasteiger partial charge in [0.25, 0.3) is 0 Å². The molecule has 0 aliphatic heterocycles. The van der Waals surface area contributed by atoms with Gasteiger partial charge in [0.1, 0.15) is 0 Å². The molecule has 236 valence electrons. The highest BCUT2D eigenvalue weighted by Gasteiger charge is 2.24. The summed E-state index contributed by atoms with van der Waals surface area (Å²) in [5.74, 6) is 1.77. The van der Waals surface area contributed by atoms with Crippen molar-refractivity contribution in [2.24, 2.45) is 0 Å². The van der Waals surface area contributed by atoms with Crippen LogP contribution in [0.2, 0.25) is 0 Å². The highest BCUT2D eigenvalue weighted by atomic mass is 15.3. The second-order valence-corrected chi connectivity index (χ2v) is 13.3. The molecule has 0 aliphatic carbocycles. The Morgan fingerprint density at radius 3 is 1.14 bits per heavy atom. The first-order valence-electron chi connectivity index (χ1n) is 17.2. The Morgan fingerprint density at radius 1 is 0.294 bits per heavy atom. The number of para-hydroxylation sites is 7. The van der Waals surface area contributed by atoms with Crippen LogP contribution in [-0.4, -0.2) is 28.5 Å². The van der Waals surface area contributed by atoms with Crippen LogP contribution in [0.3, 0.4) is 0 Å². The molecule has 5 heterocycles. The third-order valence-electron chi connectivity index (χ3n) is 10.7. The van der Waals surface area contributed by atoms with E-state index < -0.39 is 0 Å². The van der Waals surface area contributed by atoms with Gasteiger partial charge in [-0.15, -0.1) is 0 Å². The monoisotopic (exact) mass is 650 g/mol. The smallest absolute Gasteiger partial charge is 0.240 e. The van der Waals surface area contributed by atoms with Crippen molar-refractivity contribution in [3.63, 3.8) is 0 Å². The van der Waals surface area contributed by atoms with Crippen molar-refractivity contribution in [2.75, 3.05) is 0 Å². The van der Waals surface area contributed by atoms with Gasteiger partial charge in [-0.3, -0.25) is 9.13 Å². The van der Waals surface area contributed by atoms with E-state index in [1.165, 1.54) is 32.6 Å². The van der Waals surface area contributed by atoms with Crippen molar-refractivity contribution in [1.82, 2.24) is 28.5 Å². The summed E-state index contributed by atoms with van der Waals surface area (Å²) in [6.07, 6.45) is 0. The van der Waals surface area contributed by atoms with E-state index in [9.17, 15) is 0 Å². The van der Waals surface area contributed by atoms with Gasteiger partial charge >= 0.3 is 0 Å². The molecule has 0 unspecified atom stereocenters. The molecule has 6 heteroatoms. The standard InChI is InChI=1S/C45H26N6/c1-6-22-36-27(13-1)28-14-2-7-23-37(28)49(36)44-46-43(47-45(48-44)50-38-24-8-3-15-29(38)30-16-4-9-25-39(30)50)35-21-12-20-34-33-19-11-18-32-31-17-5-10-26-40(31)51(41(32)33)42(34)35/h1-26H. The van der Waals surface area contributed by atoms with E-state index >= 15 is 0 Å².